The lowest BCUT2D eigenvalue weighted by molar-refractivity contribution is 1.03. The van der Waals surface area contributed by atoms with Gasteiger partial charge >= 0.3 is 0 Å². The molecule has 1 rings (SSSR count). The first kappa shape index (κ1) is 7.16. The fraction of sp³-hybridized carbons (Fsp3) is 0.167. The van der Waals surface area contributed by atoms with Gasteiger partial charge in [-0.05, 0) is 15.9 Å². The topological polar surface area (TPSA) is 49.6 Å². The Morgan fingerprint density at radius 3 is 2.80 bits per heavy atom. The Balaban J connectivity index is 2.94. The summed E-state index contributed by atoms with van der Waals surface area (Å²) in [5.41, 5.74) is 0.685. The van der Waals surface area contributed by atoms with Gasteiger partial charge in [0.05, 0.1) is 18.2 Å². The van der Waals surface area contributed by atoms with Crippen LogP contribution in [0.2, 0.25) is 0 Å². The van der Waals surface area contributed by atoms with Crippen LogP contribution in [0.15, 0.2) is 17.0 Å². The molecule has 0 unspecified atom stereocenters. The van der Waals surface area contributed by atoms with E-state index in [9.17, 15) is 0 Å². The predicted molar refractivity (Wildman–Crippen MR) is 39.0 cm³/mol. The predicted octanol–water partition coefficient (Wildman–Crippen LogP) is 1.31. The number of aromatic nitrogens is 2. The standard InChI is InChI=1S/C6H4BrN3/c7-6-5(1-2-8)9-3-4-10-6/h3-4H,1H2. The Morgan fingerprint density at radius 1 is 1.50 bits per heavy atom. The van der Waals surface area contributed by atoms with Crippen molar-refractivity contribution in [3.05, 3.63) is 22.7 Å². The van der Waals surface area contributed by atoms with Gasteiger partial charge in [-0.1, -0.05) is 0 Å². The lowest BCUT2D eigenvalue weighted by Gasteiger charge is -1.93. The SMILES string of the molecule is N#CCc1nccnc1Br. The fourth-order valence-corrected chi connectivity index (χ4v) is 0.904. The van der Waals surface area contributed by atoms with Crippen molar-refractivity contribution < 1.29 is 0 Å². The molecule has 0 spiro atoms. The molecule has 0 saturated carbocycles. The molecule has 0 aromatic carbocycles. The molecular weight excluding hydrogens is 194 g/mol. The molecule has 0 aliphatic heterocycles. The highest BCUT2D eigenvalue weighted by atomic mass is 79.9. The molecule has 0 radical (unpaired) electrons. The van der Waals surface area contributed by atoms with Gasteiger partial charge in [0.1, 0.15) is 4.60 Å². The lowest BCUT2D eigenvalue weighted by Crippen LogP contribution is -1.90. The van der Waals surface area contributed by atoms with Crippen molar-refractivity contribution in [1.29, 1.82) is 5.26 Å². The van der Waals surface area contributed by atoms with Gasteiger partial charge in [-0.25, -0.2) is 4.98 Å². The molecule has 0 aliphatic carbocycles. The van der Waals surface area contributed by atoms with E-state index in [-0.39, 0.29) is 0 Å². The van der Waals surface area contributed by atoms with Crippen LogP contribution in [0.5, 0.6) is 0 Å². The summed E-state index contributed by atoms with van der Waals surface area (Å²) in [6, 6.07) is 1.99. The Hall–Kier alpha value is -0.950. The second-order valence-corrected chi connectivity index (χ2v) is 2.38. The van der Waals surface area contributed by atoms with Crippen molar-refractivity contribution in [1.82, 2.24) is 9.97 Å². The van der Waals surface area contributed by atoms with Gasteiger partial charge in [0.15, 0.2) is 0 Å². The van der Waals surface area contributed by atoms with E-state index in [0.717, 1.165) is 0 Å². The van der Waals surface area contributed by atoms with Crippen LogP contribution >= 0.6 is 15.9 Å². The second kappa shape index (κ2) is 3.28. The quantitative estimate of drug-likeness (QED) is 0.683. The maximum Gasteiger partial charge on any atom is 0.128 e. The van der Waals surface area contributed by atoms with Gasteiger partial charge < -0.3 is 0 Å². The van der Waals surface area contributed by atoms with E-state index in [0.29, 0.717) is 16.7 Å². The van der Waals surface area contributed by atoms with E-state index in [4.69, 9.17) is 5.26 Å². The molecule has 0 amide bonds. The number of rotatable bonds is 1. The largest absolute Gasteiger partial charge is 0.256 e. The third-order valence-electron chi connectivity index (χ3n) is 0.970. The highest BCUT2D eigenvalue weighted by molar-refractivity contribution is 9.10. The highest BCUT2D eigenvalue weighted by Crippen LogP contribution is 2.08. The van der Waals surface area contributed by atoms with Crippen LogP contribution in [0.25, 0.3) is 0 Å². The molecule has 10 heavy (non-hydrogen) atoms. The molecule has 0 fully saturated rings. The lowest BCUT2D eigenvalue weighted by atomic mass is 10.3. The summed E-state index contributed by atoms with van der Waals surface area (Å²) in [5.74, 6) is 0. The zero-order valence-electron chi connectivity index (χ0n) is 5.08. The smallest absolute Gasteiger partial charge is 0.128 e. The van der Waals surface area contributed by atoms with Crippen molar-refractivity contribution >= 4 is 15.9 Å². The first-order valence-corrected chi connectivity index (χ1v) is 3.46. The van der Waals surface area contributed by atoms with Gasteiger partial charge in [0.2, 0.25) is 0 Å². The molecule has 1 aromatic rings. The average molecular weight is 198 g/mol. The molecule has 0 N–H and O–H groups in total. The monoisotopic (exact) mass is 197 g/mol. The maximum absolute atomic E-state index is 8.31. The van der Waals surface area contributed by atoms with Crippen molar-refractivity contribution in [2.75, 3.05) is 0 Å². The molecule has 1 heterocycles. The van der Waals surface area contributed by atoms with E-state index in [1.54, 1.807) is 12.4 Å². The van der Waals surface area contributed by atoms with Crippen LogP contribution in [0, 0.1) is 11.3 Å². The molecule has 4 heteroatoms. The van der Waals surface area contributed by atoms with E-state index in [1.165, 1.54) is 0 Å². The zero-order chi connectivity index (χ0) is 7.40. The van der Waals surface area contributed by atoms with Crippen LogP contribution in [0.1, 0.15) is 5.69 Å². The fourth-order valence-electron chi connectivity index (χ4n) is 0.543. The summed E-state index contributed by atoms with van der Waals surface area (Å²) < 4.78 is 0.650. The third-order valence-corrected chi connectivity index (χ3v) is 1.63. The summed E-state index contributed by atoms with van der Waals surface area (Å²) in [5, 5.41) is 8.31. The first-order valence-electron chi connectivity index (χ1n) is 2.67. The van der Waals surface area contributed by atoms with Crippen molar-refractivity contribution in [2.45, 2.75) is 6.42 Å². The van der Waals surface area contributed by atoms with E-state index in [1.807, 2.05) is 6.07 Å². The van der Waals surface area contributed by atoms with E-state index in [2.05, 4.69) is 25.9 Å². The van der Waals surface area contributed by atoms with Crippen LogP contribution in [-0.4, -0.2) is 9.97 Å². The average Bonchev–Trinajstić information content (AvgIpc) is 1.94. The van der Waals surface area contributed by atoms with Crippen LogP contribution in [0.4, 0.5) is 0 Å². The summed E-state index contributed by atoms with van der Waals surface area (Å²) in [7, 11) is 0. The molecule has 1 aromatic heterocycles. The maximum atomic E-state index is 8.31. The number of nitrogens with zero attached hydrogens (tertiary/aromatic N) is 3. The highest BCUT2D eigenvalue weighted by Gasteiger charge is 1.98. The van der Waals surface area contributed by atoms with Gasteiger partial charge in [-0.15, -0.1) is 0 Å². The molecule has 3 nitrogen and oxygen atoms in total. The minimum atomic E-state index is 0.300. The molecule has 0 bridgehead atoms. The van der Waals surface area contributed by atoms with Crippen LogP contribution < -0.4 is 0 Å². The summed E-state index contributed by atoms with van der Waals surface area (Å²) >= 11 is 3.17. The van der Waals surface area contributed by atoms with E-state index < -0.39 is 0 Å². The normalized spacial score (nSPS) is 8.80. The van der Waals surface area contributed by atoms with Gasteiger partial charge in [0, 0.05) is 12.4 Å². The molecule has 0 atom stereocenters. The molecule has 0 saturated heterocycles. The molecule has 50 valence electrons. The zero-order valence-corrected chi connectivity index (χ0v) is 6.67. The first-order chi connectivity index (χ1) is 4.84. The van der Waals surface area contributed by atoms with Crippen LogP contribution in [0.3, 0.4) is 0 Å². The van der Waals surface area contributed by atoms with E-state index >= 15 is 0 Å². The minimum absolute atomic E-state index is 0.300. The second-order valence-electron chi connectivity index (χ2n) is 1.63. The summed E-state index contributed by atoms with van der Waals surface area (Å²) in [6.07, 6.45) is 3.44. The van der Waals surface area contributed by atoms with Crippen molar-refractivity contribution in [3.8, 4) is 6.07 Å². The summed E-state index contributed by atoms with van der Waals surface area (Å²) in [4.78, 5) is 7.84. The van der Waals surface area contributed by atoms with Crippen LogP contribution in [-0.2, 0) is 6.42 Å². The Morgan fingerprint density at radius 2 is 2.20 bits per heavy atom. The number of halogens is 1. The Labute approximate surface area is 66.9 Å². The Bertz CT molecular complexity index is 266. The summed E-state index contributed by atoms with van der Waals surface area (Å²) in [6.45, 7) is 0. The number of hydrogen-bond acceptors (Lipinski definition) is 3. The minimum Gasteiger partial charge on any atom is -0.256 e. The third kappa shape index (κ3) is 1.52. The van der Waals surface area contributed by atoms with Gasteiger partial charge in [-0.3, -0.25) is 4.98 Å². The number of nitriles is 1. The Kier molecular flexibility index (Phi) is 2.35. The van der Waals surface area contributed by atoms with Gasteiger partial charge in [0.25, 0.3) is 0 Å². The van der Waals surface area contributed by atoms with Crippen molar-refractivity contribution in [3.63, 3.8) is 0 Å². The molecule has 0 aliphatic rings. The number of hydrogen-bond donors (Lipinski definition) is 0. The molecular formula is C6H4BrN3. The van der Waals surface area contributed by atoms with Crippen molar-refractivity contribution in [2.24, 2.45) is 0 Å². The van der Waals surface area contributed by atoms with Gasteiger partial charge in [-0.2, -0.15) is 5.26 Å².